The maximum atomic E-state index is 17.3. The second-order valence-corrected chi connectivity index (χ2v) is 11.8. The van der Waals surface area contributed by atoms with Crippen LogP contribution in [-0.2, 0) is 19.1 Å². The van der Waals surface area contributed by atoms with Crippen molar-refractivity contribution in [1.82, 2.24) is 0 Å². The predicted octanol–water partition coefficient (Wildman–Crippen LogP) is 4.51. The zero-order chi connectivity index (χ0) is 25.3. The average molecular weight is 502 g/mol. The molecule has 0 radical (unpaired) electrons. The van der Waals surface area contributed by atoms with Crippen molar-refractivity contribution in [2.24, 2.45) is 34.0 Å². The number of hydrogen-bond acceptors (Lipinski definition) is 6. The summed E-state index contributed by atoms with van der Waals surface area (Å²) in [6.07, 6.45) is -2.05. The molecule has 0 spiro atoms. The summed E-state index contributed by atoms with van der Waals surface area (Å²) in [5.74, 6) is -3.25. The first kappa shape index (κ1) is 25.7. The highest BCUT2D eigenvalue weighted by atomic mass is 32.2. The van der Waals surface area contributed by atoms with Gasteiger partial charge >= 0.3 is 5.97 Å². The van der Waals surface area contributed by atoms with Crippen molar-refractivity contribution in [1.29, 1.82) is 0 Å². The number of aliphatic hydroxyl groups excluding tert-OH is 1. The minimum Gasteiger partial charge on any atom is -0.465 e. The molecule has 34 heavy (non-hydrogen) atoms. The lowest BCUT2D eigenvalue weighted by Gasteiger charge is -2.64. The second-order valence-electron chi connectivity index (χ2n) is 10.9. The van der Waals surface area contributed by atoms with E-state index < -0.39 is 69.0 Å². The lowest BCUT2D eigenvalue weighted by molar-refractivity contribution is -0.225. The highest BCUT2D eigenvalue weighted by Crippen LogP contribution is 2.74. The first-order chi connectivity index (χ1) is 15.9. The number of aliphatic hydroxyl groups is 1. The van der Waals surface area contributed by atoms with E-state index >= 15 is 8.78 Å². The second kappa shape index (κ2) is 8.36. The molecule has 0 aromatic carbocycles. The van der Waals surface area contributed by atoms with Crippen molar-refractivity contribution in [2.45, 2.75) is 77.7 Å². The summed E-state index contributed by atoms with van der Waals surface area (Å²) in [5.41, 5.74) is -6.54. The Kier molecular flexibility index (Phi) is 6.32. The number of hydrogen-bond donors (Lipinski definition) is 1. The van der Waals surface area contributed by atoms with Crippen molar-refractivity contribution in [3.05, 3.63) is 11.6 Å². The third-order valence-electron chi connectivity index (χ3n) is 9.77. The molecule has 0 aliphatic heterocycles. The molecule has 4 aliphatic carbocycles. The highest BCUT2D eigenvalue weighted by molar-refractivity contribution is 8.13. The monoisotopic (exact) mass is 501 g/mol. The van der Waals surface area contributed by atoms with E-state index in [-0.39, 0.29) is 50.1 Å². The van der Waals surface area contributed by atoms with Crippen molar-refractivity contribution in [3.8, 4) is 0 Å². The molecule has 0 bridgehead atoms. The Morgan fingerprint density at radius 2 is 1.94 bits per heavy atom. The van der Waals surface area contributed by atoms with Crippen LogP contribution in [0.5, 0.6) is 0 Å². The third kappa shape index (κ3) is 2.95. The molecule has 4 aliphatic rings. The number of alkyl halides is 3. The summed E-state index contributed by atoms with van der Waals surface area (Å²) in [6, 6.07) is -1.03. The molecule has 0 aromatic rings. The van der Waals surface area contributed by atoms with Crippen LogP contribution in [0.1, 0.15) is 59.8 Å². The van der Waals surface area contributed by atoms with Crippen LogP contribution in [-0.4, -0.2) is 52.5 Å². The number of ketones is 1. The van der Waals surface area contributed by atoms with Crippen molar-refractivity contribution >= 4 is 28.6 Å². The number of fused-ring (bicyclic) bond motifs is 5. The van der Waals surface area contributed by atoms with Gasteiger partial charge in [0.15, 0.2) is 5.78 Å². The maximum Gasteiger partial charge on any atom is 0.321 e. The fourth-order valence-electron chi connectivity index (χ4n) is 8.28. The summed E-state index contributed by atoms with van der Waals surface area (Å²) in [5, 5.41) is 10.7. The quantitative estimate of drug-likeness (QED) is 0.451. The van der Waals surface area contributed by atoms with Gasteiger partial charge in [0.05, 0.1) is 12.7 Å². The Morgan fingerprint density at radius 1 is 1.26 bits per heavy atom. The smallest absolute Gasteiger partial charge is 0.321 e. The van der Waals surface area contributed by atoms with E-state index in [4.69, 9.17) is 4.74 Å². The van der Waals surface area contributed by atoms with Crippen LogP contribution in [0.4, 0.5) is 13.2 Å². The molecule has 1 N–H and O–H groups in total. The van der Waals surface area contributed by atoms with Gasteiger partial charge in [-0.15, -0.1) is 0 Å². The number of ether oxygens (including phenoxy) is 1. The molecule has 3 fully saturated rings. The third-order valence-corrected chi connectivity index (χ3v) is 10.5. The van der Waals surface area contributed by atoms with Crippen LogP contribution in [0.25, 0.3) is 0 Å². The van der Waals surface area contributed by atoms with E-state index in [2.05, 4.69) is 0 Å². The molecule has 3 saturated carbocycles. The molecule has 0 amide bonds. The van der Waals surface area contributed by atoms with Crippen LogP contribution in [0.3, 0.4) is 0 Å². The van der Waals surface area contributed by atoms with Crippen molar-refractivity contribution in [3.63, 3.8) is 0 Å². The Hall–Kier alpha value is -1.35. The first-order valence-electron chi connectivity index (χ1n) is 12.0. The summed E-state index contributed by atoms with van der Waals surface area (Å²) in [4.78, 5) is 38.9. The number of allylic oxidation sites excluding steroid dienone is 1. The van der Waals surface area contributed by atoms with Gasteiger partial charge < -0.3 is 9.84 Å². The topological polar surface area (TPSA) is 80.7 Å². The Morgan fingerprint density at radius 3 is 2.56 bits per heavy atom. The van der Waals surface area contributed by atoms with Gasteiger partial charge in [-0.2, -0.15) is 0 Å². The van der Waals surface area contributed by atoms with Crippen LogP contribution in [0.15, 0.2) is 11.6 Å². The van der Waals surface area contributed by atoms with Crippen LogP contribution in [0.2, 0.25) is 0 Å². The zero-order valence-corrected chi connectivity index (χ0v) is 20.9. The fraction of sp³-hybridized carbons (Fsp3) is 0.800. The van der Waals surface area contributed by atoms with Gasteiger partial charge in [0, 0.05) is 17.8 Å². The number of esters is 1. The van der Waals surface area contributed by atoms with Gasteiger partial charge in [0.1, 0.15) is 23.3 Å². The van der Waals surface area contributed by atoms with E-state index in [9.17, 15) is 23.9 Å². The van der Waals surface area contributed by atoms with Crippen LogP contribution < -0.4 is 0 Å². The van der Waals surface area contributed by atoms with Gasteiger partial charge in [-0.3, -0.25) is 14.4 Å². The van der Waals surface area contributed by atoms with E-state index in [0.717, 1.165) is 0 Å². The molecule has 9 heteroatoms. The molecule has 0 heterocycles. The van der Waals surface area contributed by atoms with E-state index in [1.165, 1.54) is 6.08 Å². The maximum absolute atomic E-state index is 17.3. The normalized spacial score (nSPS) is 47.8. The van der Waals surface area contributed by atoms with Crippen LogP contribution >= 0.6 is 11.8 Å². The average Bonchev–Trinajstić information content (AvgIpc) is 2.99. The summed E-state index contributed by atoms with van der Waals surface area (Å²) in [7, 11) is 0. The Labute approximate surface area is 202 Å². The standard InChI is InChI=1S/C25H33F3O5S/c1-5-33-20(31)24(21(32)34-12-26)13(2)8-15-16-10-18(27)17-9-14(29)6-7-22(17,3)25(16,28)19(30)11-23(15,24)4/h9,13,15-16,18-19,30H,5-8,10-12H2,1-4H3/t13-,15+,16?,18+,19+,22+,23+,24+,25+/m1/s1/i26-1. The zero-order valence-electron chi connectivity index (χ0n) is 20.0. The first-order valence-corrected chi connectivity index (χ1v) is 13.0. The van der Waals surface area contributed by atoms with Gasteiger partial charge in [-0.25, -0.2) is 13.2 Å². The highest BCUT2D eigenvalue weighted by Gasteiger charge is 2.79. The molecular formula is C25H33F3O5S. The number of halogens is 3. The number of carbonyl (C=O) groups is 3. The lowest BCUT2D eigenvalue weighted by Crippen LogP contribution is -2.70. The SMILES string of the molecule is CCOC(=O)[C@]1(C(=O)SC[18F])[C@H](C)C[C@H]2C3C[C@H](F)C4=CC(=O)CC[C@]4(C)[C@@]3(F)[C@@H](O)C[C@@]21C. The van der Waals surface area contributed by atoms with E-state index in [1.807, 2.05) is 0 Å². The molecule has 0 aromatic heterocycles. The largest absolute Gasteiger partial charge is 0.465 e. The Bertz CT molecular complexity index is 922. The molecule has 5 nitrogen and oxygen atoms in total. The summed E-state index contributed by atoms with van der Waals surface area (Å²) in [6.45, 7) is 6.56. The van der Waals surface area contributed by atoms with Crippen molar-refractivity contribution in [2.75, 3.05) is 12.6 Å². The molecule has 190 valence electrons. The summed E-state index contributed by atoms with van der Waals surface area (Å²) < 4.78 is 51.5. The Balaban J connectivity index is 1.88. The lowest BCUT2D eigenvalue weighted by atomic mass is 9.42. The number of carbonyl (C=O) groups excluding carboxylic acids is 3. The molecule has 1 unspecified atom stereocenters. The fourth-order valence-corrected chi connectivity index (χ4v) is 9.12. The van der Waals surface area contributed by atoms with E-state index in [0.29, 0.717) is 11.8 Å². The summed E-state index contributed by atoms with van der Waals surface area (Å²) >= 11 is 0.385. The molecule has 9 atom stereocenters. The number of thioether (sulfide) groups is 1. The predicted molar refractivity (Wildman–Crippen MR) is 121 cm³/mol. The van der Waals surface area contributed by atoms with Gasteiger partial charge in [-0.05, 0) is 61.5 Å². The van der Waals surface area contributed by atoms with Crippen molar-refractivity contribution < 1.29 is 37.4 Å². The minimum absolute atomic E-state index is 0.00740. The molecular weight excluding hydrogens is 468 g/mol. The number of rotatable bonds is 4. The molecule has 4 rings (SSSR count). The van der Waals surface area contributed by atoms with Gasteiger partial charge in [-0.1, -0.05) is 32.5 Å². The van der Waals surface area contributed by atoms with E-state index in [1.54, 1.807) is 27.7 Å². The minimum atomic E-state index is -2.23. The molecule has 0 saturated heterocycles. The van der Waals surface area contributed by atoms with Gasteiger partial charge in [0.25, 0.3) is 0 Å². The van der Waals surface area contributed by atoms with Crippen LogP contribution in [0, 0.1) is 34.0 Å². The van der Waals surface area contributed by atoms with Gasteiger partial charge in [0.2, 0.25) is 5.12 Å².